The van der Waals surface area contributed by atoms with E-state index in [0.717, 1.165) is 38.3 Å². The van der Waals surface area contributed by atoms with Crippen LogP contribution >= 0.6 is 0 Å². The molecule has 120 valence electrons. The molecule has 0 bridgehead atoms. The van der Waals surface area contributed by atoms with Gasteiger partial charge in [0, 0.05) is 31.7 Å². The van der Waals surface area contributed by atoms with Crippen LogP contribution < -0.4 is 5.32 Å². The van der Waals surface area contributed by atoms with Crippen molar-refractivity contribution < 1.29 is 0 Å². The highest BCUT2D eigenvalue weighted by atomic mass is 15.4. The van der Waals surface area contributed by atoms with Gasteiger partial charge in [0.2, 0.25) is 0 Å². The Morgan fingerprint density at radius 1 is 1.33 bits per heavy atom. The lowest BCUT2D eigenvalue weighted by atomic mass is 9.80. The molecule has 1 atom stereocenters. The molecule has 2 heterocycles. The number of rotatable bonds is 4. The molecule has 0 spiro atoms. The molecule has 1 saturated heterocycles. The van der Waals surface area contributed by atoms with Gasteiger partial charge >= 0.3 is 0 Å². The zero-order valence-corrected chi connectivity index (χ0v) is 14.5. The van der Waals surface area contributed by atoms with Gasteiger partial charge in [-0.05, 0) is 18.3 Å². The Bertz CT molecular complexity index is 455. The topological polar surface area (TPSA) is 46.0 Å². The van der Waals surface area contributed by atoms with Gasteiger partial charge in [0.1, 0.15) is 12.2 Å². The maximum atomic E-state index is 4.42. The van der Waals surface area contributed by atoms with E-state index in [1.54, 1.807) is 6.33 Å². The van der Waals surface area contributed by atoms with Gasteiger partial charge in [-0.15, -0.1) is 0 Å². The van der Waals surface area contributed by atoms with Crippen molar-refractivity contribution in [2.75, 3.05) is 13.1 Å². The highest BCUT2D eigenvalue weighted by molar-refractivity contribution is 5.02. The van der Waals surface area contributed by atoms with Crippen LogP contribution in [0.15, 0.2) is 6.33 Å². The number of aryl methyl sites for hydroxylation is 1. The predicted octanol–water partition coefficient (Wildman–Crippen LogP) is 2.19. The molecule has 1 unspecified atom stereocenters. The van der Waals surface area contributed by atoms with Crippen LogP contribution in [0, 0.1) is 5.41 Å². The van der Waals surface area contributed by atoms with Gasteiger partial charge in [-0.3, -0.25) is 9.58 Å². The molecular formula is C16H31N5. The van der Waals surface area contributed by atoms with Crippen molar-refractivity contribution in [3.63, 3.8) is 0 Å². The fourth-order valence-corrected chi connectivity index (χ4v) is 3.30. The Labute approximate surface area is 129 Å². The van der Waals surface area contributed by atoms with Crippen molar-refractivity contribution in [3.05, 3.63) is 12.2 Å². The molecule has 1 N–H and O–H groups in total. The maximum Gasteiger partial charge on any atom is 0.140 e. The molecule has 0 amide bonds. The summed E-state index contributed by atoms with van der Waals surface area (Å²) in [6.07, 6.45) is 3.97. The Morgan fingerprint density at radius 2 is 2.00 bits per heavy atom. The van der Waals surface area contributed by atoms with E-state index in [1.165, 1.54) is 0 Å². The minimum absolute atomic E-state index is 0.230. The summed E-state index contributed by atoms with van der Waals surface area (Å²) in [6.45, 7) is 14.5. The third-order valence-electron chi connectivity index (χ3n) is 5.25. The van der Waals surface area contributed by atoms with E-state index < -0.39 is 0 Å². The van der Waals surface area contributed by atoms with Crippen LogP contribution in [0.25, 0.3) is 0 Å². The largest absolute Gasteiger partial charge is 0.310 e. The van der Waals surface area contributed by atoms with Gasteiger partial charge < -0.3 is 5.32 Å². The quantitative estimate of drug-likeness (QED) is 0.924. The lowest BCUT2D eigenvalue weighted by molar-refractivity contribution is -0.000932. The minimum Gasteiger partial charge on any atom is -0.310 e. The first-order valence-electron chi connectivity index (χ1n) is 8.13. The third-order valence-corrected chi connectivity index (χ3v) is 5.25. The Morgan fingerprint density at radius 3 is 2.48 bits per heavy atom. The molecule has 1 aliphatic heterocycles. The van der Waals surface area contributed by atoms with Gasteiger partial charge in [0.15, 0.2) is 0 Å². The summed E-state index contributed by atoms with van der Waals surface area (Å²) in [5.74, 6) is 1.05. The fraction of sp³-hybridized carbons (Fsp3) is 0.875. The molecule has 5 heteroatoms. The summed E-state index contributed by atoms with van der Waals surface area (Å²) in [6, 6.07) is 0.511. The molecule has 2 rings (SSSR count). The smallest absolute Gasteiger partial charge is 0.140 e. The molecule has 0 saturated carbocycles. The SMILES string of the molecule is CCC1(CC)CNC(C(C)(C)C)CN1Cc1ncnn1C. The highest BCUT2D eigenvalue weighted by Crippen LogP contribution is 2.32. The summed E-state index contributed by atoms with van der Waals surface area (Å²) >= 11 is 0. The van der Waals surface area contributed by atoms with E-state index in [1.807, 2.05) is 11.7 Å². The molecule has 0 radical (unpaired) electrons. The van der Waals surface area contributed by atoms with E-state index in [2.05, 4.69) is 54.9 Å². The summed E-state index contributed by atoms with van der Waals surface area (Å²) in [7, 11) is 1.98. The van der Waals surface area contributed by atoms with E-state index in [4.69, 9.17) is 0 Å². The van der Waals surface area contributed by atoms with Crippen LogP contribution in [0.1, 0.15) is 53.3 Å². The van der Waals surface area contributed by atoms with Gasteiger partial charge in [0.05, 0.1) is 6.54 Å². The lowest BCUT2D eigenvalue weighted by Gasteiger charge is -2.52. The predicted molar refractivity (Wildman–Crippen MR) is 86.0 cm³/mol. The van der Waals surface area contributed by atoms with Crippen LogP contribution in [-0.4, -0.2) is 44.3 Å². The molecule has 1 aliphatic rings. The first kappa shape index (κ1) is 16.4. The van der Waals surface area contributed by atoms with Crippen LogP contribution in [-0.2, 0) is 13.6 Å². The number of hydrogen-bond acceptors (Lipinski definition) is 4. The fourth-order valence-electron chi connectivity index (χ4n) is 3.30. The molecule has 1 aromatic rings. The molecule has 5 nitrogen and oxygen atoms in total. The first-order chi connectivity index (χ1) is 9.82. The monoisotopic (exact) mass is 293 g/mol. The van der Waals surface area contributed by atoms with E-state index in [9.17, 15) is 0 Å². The van der Waals surface area contributed by atoms with Crippen molar-refractivity contribution in [2.45, 2.75) is 65.6 Å². The summed E-state index contributed by atoms with van der Waals surface area (Å²) in [5, 5.41) is 8.00. The number of aromatic nitrogens is 3. The summed E-state index contributed by atoms with van der Waals surface area (Å²) in [5.41, 5.74) is 0.499. The van der Waals surface area contributed by atoms with Crippen LogP contribution in [0.5, 0.6) is 0 Å². The number of hydrogen-bond donors (Lipinski definition) is 1. The molecule has 21 heavy (non-hydrogen) atoms. The standard InChI is InChI=1S/C16H31N5/c1-7-16(8-2)11-17-13(15(3,4)5)9-21(16)10-14-18-12-19-20(14)6/h12-13,17H,7-11H2,1-6H3. The van der Waals surface area contributed by atoms with Crippen molar-refractivity contribution in [1.82, 2.24) is 25.0 Å². The van der Waals surface area contributed by atoms with Crippen LogP contribution in [0.4, 0.5) is 0 Å². The zero-order valence-electron chi connectivity index (χ0n) is 14.5. The van der Waals surface area contributed by atoms with Gasteiger partial charge in [-0.1, -0.05) is 34.6 Å². The third kappa shape index (κ3) is 3.29. The van der Waals surface area contributed by atoms with Crippen molar-refractivity contribution >= 4 is 0 Å². The zero-order chi connectivity index (χ0) is 15.7. The normalized spacial score (nSPS) is 23.4. The second kappa shape index (κ2) is 6.05. The van der Waals surface area contributed by atoms with Crippen LogP contribution in [0.3, 0.4) is 0 Å². The summed E-state index contributed by atoms with van der Waals surface area (Å²) < 4.78 is 1.89. The van der Waals surface area contributed by atoms with Gasteiger partial charge in [0.25, 0.3) is 0 Å². The lowest BCUT2D eigenvalue weighted by Crippen LogP contribution is -2.66. The first-order valence-corrected chi connectivity index (χ1v) is 8.13. The number of nitrogens with one attached hydrogen (secondary N) is 1. The molecule has 0 aliphatic carbocycles. The second-order valence-corrected chi connectivity index (χ2v) is 7.41. The Kier molecular flexibility index (Phi) is 4.73. The van der Waals surface area contributed by atoms with Crippen molar-refractivity contribution in [2.24, 2.45) is 12.5 Å². The van der Waals surface area contributed by atoms with Gasteiger partial charge in [-0.25, -0.2) is 4.98 Å². The molecule has 0 aromatic carbocycles. The maximum absolute atomic E-state index is 4.42. The van der Waals surface area contributed by atoms with E-state index in [-0.39, 0.29) is 11.0 Å². The van der Waals surface area contributed by atoms with Gasteiger partial charge in [-0.2, -0.15) is 5.10 Å². The Hall–Kier alpha value is -0.940. The average Bonchev–Trinajstić information content (AvgIpc) is 2.83. The average molecular weight is 293 g/mol. The number of nitrogens with zero attached hydrogens (tertiary/aromatic N) is 4. The van der Waals surface area contributed by atoms with E-state index >= 15 is 0 Å². The highest BCUT2D eigenvalue weighted by Gasteiger charge is 2.42. The van der Waals surface area contributed by atoms with Crippen LogP contribution in [0.2, 0.25) is 0 Å². The van der Waals surface area contributed by atoms with Crippen molar-refractivity contribution in [1.29, 1.82) is 0 Å². The molecule has 1 aromatic heterocycles. The summed E-state index contributed by atoms with van der Waals surface area (Å²) in [4.78, 5) is 7.05. The van der Waals surface area contributed by atoms with E-state index in [0.29, 0.717) is 6.04 Å². The second-order valence-electron chi connectivity index (χ2n) is 7.41. The van der Waals surface area contributed by atoms with Crippen molar-refractivity contribution in [3.8, 4) is 0 Å². The Balaban J connectivity index is 2.23. The molecule has 1 fully saturated rings. The number of piperazine rings is 1. The minimum atomic E-state index is 0.230. The molecular weight excluding hydrogens is 262 g/mol.